The first-order valence-electron chi connectivity index (χ1n) is 5.13. The third kappa shape index (κ3) is 6.38. The minimum absolute atomic E-state index is 0.0894. The number of carbonyl (C=O) groups excluding carboxylic acids is 1. The molecule has 2 nitrogen and oxygen atoms in total. The molecule has 0 fully saturated rings. The number of hydrogen-bond acceptors (Lipinski definition) is 1. The Labute approximate surface area is 81.4 Å². The van der Waals surface area contributed by atoms with E-state index in [4.69, 9.17) is 0 Å². The van der Waals surface area contributed by atoms with Gasteiger partial charge in [0.05, 0.1) is 0 Å². The minimum atomic E-state index is 0.0894. The maximum Gasteiger partial charge on any atom is 0.226 e. The number of amides is 1. The van der Waals surface area contributed by atoms with E-state index in [2.05, 4.69) is 18.8 Å². The van der Waals surface area contributed by atoms with E-state index in [-0.39, 0.29) is 11.8 Å². The van der Waals surface area contributed by atoms with Gasteiger partial charge in [-0.25, -0.2) is 0 Å². The van der Waals surface area contributed by atoms with E-state index in [1.807, 2.05) is 6.92 Å². The summed E-state index contributed by atoms with van der Waals surface area (Å²) in [6.45, 7) is 7.61. The van der Waals surface area contributed by atoms with Gasteiger partial charge in [-0.3, -0.25) is 4.79 Å². The Morgan fingerprint density at radius 2 is 2.15 bits per heavy atom. The van der Waals surface area contributed by atoms with Gasteiger partial charge in [0, 0.05) is 5.92 Å². The molecule has 0 aromatic carbocycles. The number of carbonyl (C=O) groups is 1. The number of nitrogens with one attached hydrogen (secondary N) is 1. The molecule has 0 saturated heterocycles. The average molecular weight is 183 g/mol. The summed E-state index contributed by atoms with van der Waals surface area (Å²) in [6, 6.07) is 0. The van der Waals surface area contributed by atoms with Crippen LogP contribution < -0.4 is 5.32 Å². The Balaban J connectivity index is 3.43. The normalized spacial score (nSPS) is 12.2. The van der Waals surface area contributed by atoms with E-state index in [9.17, 15) is 4.79 Å². The van der Waals surface area contributed by atoms with Gasteiger partial charge in [-0.2, -0.15) is 0 Å². The van der Waals surface area contributed by atoms with Crippen molar-refractivity contribution in [3.63, 3.8) is 0 Å². The molecular formula is C11H21NO. The largest absolute Gasteiger partial charge is 0.333 e. The van der Waals surface area contributed by atoms with Crippen molar-refractivity contribution >= 4 is 5.91 Å². The first-order valence-corrected chi connectivity index (χ1v) is 5.13. The van der Waals surface area contributed by atoms with Crippen molar-refractivity contribution in [1.82, 2.24) is 5.32 Å². The van der Waals surface area contributed by atoms with Crippen molar-refractivity contribution in [1.29, 1.82) is 0 Å². The van der Waals surface area contributed by atoms with Crippen LogP contribution in [-0.4, -0.2) is 5.91 Å². The number of unbranched alkanes of at least 4 members (excludes halogenated alkanes) is 3. The highest BCUT2D eigenvalue weighted by molar-refractivity contribution is 5.78. The number of hydrogen-bond donors (Lipinski definition) is 1. The minimum Gasteiger partial charge on any atom is -0.333 e. The SMILES string of the molecule is C=CNC(=O)C(C)CCCCCC. The van der Waals surface area contributed by atoms with Crippen LogP contribution in [0.5, 0.6) is 0 Å². The quantitative estimate of drug-likeness (QED) is 0.604. The standard InChI is InChI=1S/C11H21NO/c1-4-6-7-8-9-10(3)11(13)12-5-2/h5,10H,2,4,6-9H2,1,3H3,(H,12,13). The summed E-state index contributed by atoms with van der Waals surface area (Å²) in [5.74, 6) is 0.210. The molecule has 0 spiro atoms. The van der Waals surface area contributed by atoms with Crippen LogP contribution in [0.3, 0.4) is 0 Å². The zero-order valence-electron chi connectivity index (χ0n) is 8.81. The Bertz CT molecular complexity index is 154. The lowest BCUT2D eigenvalue weighted by atomic mass is 10.0. The maximum atomic E-state index is 11.2. The third-order valence-electron chi connectivity index (χ3n) is 2.18. The lowest BCUT2D eigenvalue weighted by molar-refractivity contribution is -0.123. The van der Waals surface area contributed by atoms with Crippen LogP contribution in [0.4, 0.5) is 0 Å². The van der Waals surface area contributed by atoms with Gasteiger partial charge in [0.1, 0.15) is 0 Å². The summed E-state index contributed by atoms with van der Waals surface area (Å²) < 4.78 is 0. The van der Waals surface area contributed by atoms with Crippen LogP contribution in [0.1, 0.15) is 46.0 Å². The van der Waals surface area contributed by atoms with Gasteiger partial charge in [0.25, 0.3) is 0 Å². The van der Waals surface area contributed by atoms with Crippen molar-refractivity contribution in [2.24, 2.45) is 5.92 Å². The maximum absolute atomic E-state index is 11.2. The van der Waals surface area contributed by atoms with E-state index >= 15 is 0 Å². The van der Waals surface area contributed by atoms with E-state index in [1.54, 1.807) is 0 Å². The molecule has 1 amide bonds. The van der Waals surface area contributed by atoms with Crippen molar-refractivity contribution in [2.45, 2.75) is 46.0 Å². The van der Waals surface area contributed by atoms with E-state index in [0.717, 1.165) is 12.8 Å². The Morgan fingerprint density at radius 3 is 2.69 bits per heavy atom. The van der Waals surface area contributed by atoms with E-state index < -0.39 is 0 Å². The summed E-state index contributed by atoms with van der Waals surface area (Å²) >= 11 is 0. The molecule has 0 heterocycles. The number of rotatable bonds is 7. The smallest absolute Gasteiger partial charge is 0.226 e. The van der Waals surface area contributed by atoms with Crippen LogP contribution >= 0.6 is 0 Å². The molecule has 0 rings (SSSR count). The topological polar surface area (TPSA) is 29.1 Å². The predicted molar refractivity (Wildman–Crippen MR) is 56.3 cm³/mol. The molecule has 2 heteroatoms. The van der Waals surface area contributed by atoms with Gasteiger partial charge in [-0.05, 0) is 12.6 Å². The Kier molecular flexibility index (Phi) is 7.36. The molecule has 0 aliphatic heterocycles. The lowest BCUT2D eigenvalue weighted by Gasteiger charge is -2.08. The molecule has 0 bridgehead atoms. The van der Waals surface area contributed by atoms with Crippen molar-refractivity contribution in [2.75, 3.05) is 0 Å². The zero-order chi connectivity index (χ0) is 10.1. The van der Waals surface area contributed by atoms with Gasteiger partial charge >= 0.3 is 0 Å². The van der Waals surface area contributed by atoms with Gasteiger partial charge in [0.15, 0.2) is 0 Å². The van der Waals surface area contributed by atoms with Gasteiger partial charge in [-0.1, -0.05) is 46.1 Å². The molecular weight excluding hydrogens is 162 g/mol. The van der Waals surface area contributed by atoms with Crippen LogP contribution in [0.15, 0.2) is 12.8 Å². The van der Waals surface area contributed by atoms with Crippen molar-refractivity contribution in [3.05, 3.63) is 12.8 Å². The summed E-state index contributed by atoms with van der Waals surface area (Å²) in [6.07, 6.45) is 7.34. The second-order valence-corrected chi connectivity index (χ2v) is 3.46. The van der Waals surface area contributed by atoms with Gasteiger partial charge in [0.2, 0.25) is 5.91 Å². The van der Waals surface area contributed by atoms with Crippen LogP contribution in [0.2, 0.25) is 0 Å². The van der Waals surface area contributed by atoms with E-state index in [0.29, 0.717) is 0 Å². The molecule has 1 unspecified atom stereocenters. The lowest BCUT2D eigenvalue weighted by Crippen LogP contribution is -2.24. The highest BCUT2D eigenvalue weighted by Crippen LogP contribution is 2.10. The monoisotopic (exact) mass is 183 g/mol. The molecule has 1 N–H and O–H groups in total. The molecule has 0 saturated carbocycles. The summed E-state index contributed by atoms with van der Waals surface area (Å²) in [7, 11) is 0. The van der Waals surface area contributed by atoms with Crippen LogP contribution in [0, 0.1) is 5.92 Å². The molecule has 0 aromatic heterocycles. The van der Waals surface area contributed by atoms with E-state index in [1.165, 1.54) is 25.5 Å². The zero-order valence-corrected chi connectivity index (χ0v) is 8.81. The molecule has 0 radical (unpaired) electrons. The fraction of sp³-hybridized carbons (Fsp3) is 0.727. The van der Waals surface area contributed by atoms with Crippen LogP contribution in [-0.2, 0) is 4.79 Å². The first-order chi connectivity index (χ1) is 6.22. The Morgan fingerprint density at radius 1 is 1.46 bits per heavy atom. The van der Waals surface area contributed by atoms with Gasteiger partial charge in [-0.15, -0.1) is 0 Å². The fourth-order valence-corrected chi connectivity index (χ4v) is 1.25. The highest BCUT2D eigenvalue weighted by Gasteiger charge is 2.09. The molecule has 1 atom stereocenters. The fourth-order valence-electron chi connectivity index (χ4n) is 1.25. The second-order valence-electron chi connectivity index (χ2n) is 3.46. The highest BCUT2D eigenvalue weighted by atomic mass is 16.1. The summed E-state index contributed by atoms with van der Waals surface area (Å²) in [5, 5.41) is 2.61. The molecule has 0 aromatic rings. The van der Waals surface area contributed by atoms with Crippen molar-refractivity contribution < 1.29 is 4.79 Å². The average Bonchev–Trinajstić information content (AvgIpc) is 2.12. The Hall–Kier alpha value is -0.790. The van der Waals surface area contributed by atoms with Gasteiger partial charge < -0.3 is 5.32 Å². The van der Waals surface area contributed by atoms with Crippen LogP contribution in [0.25, 0.3) is 0 Å². The summed E-state index contributed by atoms with van der Waals surface area (Å²) in [4.78, 5) is 11.2. The first kappa shape index (κ1) is 12.2. The third-order valence-corrected chi connectivity index (χ3v) is 2.18. The predicted octanol–water partition coefficient (Wildman–Crippen LogP) is 2.85. The molecule has 0 aliphatic rings. The molecule has 0 aliphatic carbocycles. The van der Waals surface area contributed by atoms with Crippen molar-refractivity contribution in [3.8, 4) is 0 Å². The summed E-state index contributed by atoms with van der Waals surface area (Å²) in [5.41, 5.74) is 0. The molecule has 13 heavy (non-hydrogen) atoms. The molecule has 76 valence electrons. The second kappa shape index (κ2) is 7.84.